The molecule has 2 rings (SSSR count). The van der Waals surface area contributed by atoms with Gasteiger partial charge in [0.25, 0.3) is 5.91 Å². The first kappa shape index (κ1) is 31.0. The second kappa shape index (κ2) is 14.1. The largest absolute Gasteiger partial charge is 0.508 e. The maximum Gasteiger partial charge on any atom is 0.408 e. The van der Waals surface area contributed by atoms with Crippen LogP contribution in [0.4, 0.5) is 10.5 Å². The molecule has 0 aliphatic rings. The molecule has 38 heavy (non-hydrogen) atoms. The van der Waals surface area contributed by atoms with Crippen molar-refractivity contribution in [2.45, 2.75) is 58.7 Å². The van der Waals surface area contributed by atoms with Crippen molar-refractivity contribution in [2.75, 3.05) is 30.5 Å². The van der Waals surface area contributed by atoms with Crippen LogP contribution in [-0.4, -0.2) is 69.8 Å². The quantitative estimate of drug-likeness (QED) is 0.334. The van der Waals surface area contributed by atoms with Gasteiger partial charge in [0, 0.05) is 12.2 Å². The van der Waals surface area contributed by atoms with Gasteiger partial charge in [0.15, 0.2) is 0 Å². The number of hydrogen-bond donors (Lipinski definition) is 4. The number of nitrogens with one attached hydrogen (secondary N) is 2. The summed E-state index contributed by atoms with van der Waals surface area (Å²) in [6.45, 7) is 8.31. The van der Waals surface area contributed by atoms with Gasteiger partial charge in [0.2, 0.25) is 5.91 Å². The van der Waals surface area contributed by atoms with Crippen molar-refractivity contribution in [3.8, 4) is 5.75 Å². The molecule has 2 aromatic carbocycles. The van der Waals surface area contributed by atoms with Crippen LogP contribution in [0.1, 0.15) is 49.9 Å². The fourth-order valence-corrected chi connectivity index (χ4v) is 4.46. The lowest BCUT2D eigenvalue weighted by Crippen LogP contribution is -2.53. The molecule has 0 saturated heterocycles. The van der Waals surface area contributed by atoms with Crippen LogP contribution in [0.2, 0.25) is 0 Å². The summed E-state index contributed by atoms with van der Waals surface area (Å²) in [7, 11) is 0. The standard InChI is InChI=1S/C28H39N3O6S/c1-18-9-7-10-19(2)23(18)30-25(34)24(20-11-8-12-21(33)17-20)31(14-15-32)26(35)22(13-16-38-6)29-27(36)37-28(3,4)5/h7-12,17,22,24,32-33H,13-16H2,1-6H3,(H,29,36)(H,30,34). The molecule has 0 radical (unpaired) electrons. The third kappa shape index (κ3) is 8.95. The number of hydrogen-bond acceptors (Lipinski definition) is 7. The number of aliphatic hydroxyl groups excluding tert-OH is 1. The highest BCUT2D eigenvalue weighted by Crippen LogP contribution is 2.29. The van der Waals surface area contributed by atoms with E-state index in [-0.39, 0.29) is 18.7 Å². The van der Waals surface area contributed by atoms with Crippen molar-refractivity contribution in [1.82, 2.24) is 10.2 Å². The Hall–Kier alpha value is -3.24. The van der Waals surface area contributed by atoms with E-state index in [1.807, 2.05) is 38.3 Å². The van der Waals surface area contributed by atoms with Crippen LogP contribution in [0.25, 0.3) is 0 Å². The zero-order chi connectivity index (χ0) is 28.5. The number of aliphatic hydroxyl groups is 1. The molecule has 10 heteroatoms. The number of phenolic OH excluding ortho intramolecular Hbond substituents is 1. The molecule has 2 unspecified atom stereocenters. The van der Waals surface area contributed by atoms with Gasteiger partial charge in [-0.15, -0.1) is 0 Å². The van der Waals surface area contributed by atoms with E-state index in [9.17, 15) is 24.6 Å². The van der Waals surface area contributed by atoms with E-state index in [2.05, 4.69) is 10.6 Å². The van der Waals surface area contributed by atoms with Crippen LogP contribution < -0.4 is 10.6 Å². The molecule has 3 amide bonds. The maximum atomic E-state index is 13.9. The van der Waals surface area contributed by atoms with Crippen molar-refractivity contribution in [3.63, 3.8) is 0 Å². The van der Waals surface area contributed by atoms with E-state index in [4.69, 9.17) is 4.74 Å². The van der Waals surface area contributed by atoms with Crippen molar-refractivity contribution in [3.05, 3.63) is 59.2 Å². The van der Waals surface area contributed by atoms with Gasteiger partial charge in [0.05, 0.1) is 6.61 Å². The summed E-state index contributed by atoms with van der Waals surface area (Å²) in [4.78, 5) is 41.6. The highest BCUT2D eigenvalue weighted by atomic mass is 32.2. The Balaban J connectivity index is 2.52. The first-order chi connectivity index (χ1) is 17.9. The lowest BCUT2D eigenvalue weighted by Gasteiger charge is -2.34. The number of ether oxygens (including phenoxy) is 1. The third-order valence-corrected chi connectivity index (χ3v) is 6.34. The highest BCUT2D eigenvalue weighted by molar-refractivity contribution is 7.98. The number of carbonyl (C=O) groups is 3. The fraction of sp³-hybridized carbons (Fsp3) is 0.464. The molecule has 2 aromatic rings. The van der Waals surface area contributed by atoms with Crippen molar-refractivity contribution in [1.29, 1.82) is 0 Å². The molecule has 0 aliphatic heterocycles. The number of thioether (sulfide) groups is 1. The van der Waals surface area contributed by atoms with E-state index in [0.29, 0.717) is 17.0 Å². The average Bonchev–Trinajstić information content (AvgIpc) is 2.82. The van der Waals surface area contributed by atoms with E-state index < -0.39 is 42.2 Å². The zero-order valence-electron chi connectivity index (χ0n) is 22.9. The number of para-hydroxylation sites is 1. The third-order valence-electron chi connectivity index (χ3n) is 5.70. The molecule has 0 bridgehead atoms. The van der Waals surface area contributed by atoms with E-state index in [1.165, 1.54) is 28.8 Å². The Kier molecular flexibility index (Phi) is 11.5. The summed E-state index contributed by atoms with van der Waals surface area (Å²) in [6, 6.07) is 9.50. The number of aryl methyl sites for hydroxylation is 2. The first-order valence-electron chi connectivity index (χ1n) is 12.4. The molecule has 9 nitrogen and oxygen atoms in total. The smallest absolute Gasteiger partial charge is 0.408 e. The molecule has 0 spiro atoms. The van der Waals surface area contributed by atoms with Gasteiger partial charge in [0.1, 0.15) is 23.4 Å². The Labute approximate surface area is 228 Å². The van der Waals surface area contributed by atoms with E-state index in [0.717, 1.165) is 11.1 Å². The van der Waals surface area contributed by atoms with Crippen molar-refractivity contribution in [2.24, 2.45) is 0 Å². The number of amides is 3. The number of carbonyl (C=O) groups excluding carboxylic acids is 3. The molecular weight excluding hydrogens is 506 g/mol. The van der Waals surface area contributed by atoms with Gasteiger partial charge in [-0.25, -0.2) is 4.79 Å². The number of benzene rings is 2. The summed E-state index contributed by atoms with van der Waals surface area (Å²) in [5.41, 5.74) is 1.90. The van der Waals surface area contributed by atoms with Gasteiger partial charge in [-0.3, -0.25) is 9.59 Å². The fourth-order valence-electron chi connectivity index (χ4n) is 3.99. The van der Waals surface area contributed by atoms with Crippen LogP contribution in [0.3, 0.4) is 0 Å². The van der Waals surface area contributed by atoms with Crippen LogP contribution >= 0.6 is 11.8 Å². The molecule has 0 fully saturated rings. The Morgan fingerprint density at radius 1 is 1.08 bits per heavy atom. The zero-order valence-corrected chi connectivity index (χ0v) is 23.7. The highest BCUT2D eigenvalue weighted by Gasteiger charge is 2.36. The monoisotopic (exact) mass is 545 g/mol. The van der Waals surface area contributed by atoms with Crippen LogP contribution in [0, 0.1) is 13.8 Å². The molecule has 0 heterocycles. The van der Waals surface area contributed by atoms with Gasteiger partial charge in [-0.2, -0.15) is 11.8 Å². The molecule has 0 saturated carbocycles. The molecule has 0 aromatic heterocycles. The molecule has 4 N–H and O–H groups in total. The second-order valence-corrected chi connectivity index (χ2v) is 11.0. The minimum absolute atomic E-state index is 0.0745. The molecular formula is C28H39N3O6S. The summed E-state index contributed by atoms with van der Waals surface area (Å²) in [5, 5.41) is 25.6. The lowest BCUT2D eigenvalue weighted by atomic mass is 10.0. The lowest BCUT2D eigenvalue weighted by molar-refractivity contribution is -0.141. The Morgan fingerprint density at radius 3 is 2.26 bits per heavy atom. The number of phenols is 1. The normalized spacial score (nSPS) is 12.8. The Morgan fingerprint density at radius 2 is 1.71 bits per heavy atom. The van der Waals surface area contributed by atoms with Crippen molar-refractivity contribution >= 4 is 35.4 Å². The van der Waals surface area contributed by atoms with Crippen molar-refractivity contribution < 1.29 is 29.3 Å². The van der Waals surface area contributed by atoms with Gasteiger partial charge in [-0.05, 0) is 81.9 Å². The minimum Gasteiger partial charge on any atom is -0.508 e. The van der Waals surface area contributed by atoms with Crippen LogP contribution in [0.15, 0.2) is 42.5 Å². The van der Waals surface area contributed by atoms with Crippen LogP contribution in [0.5, 0.6) is 5.75 Å². The topological polar surface area (TPSA) is 128 Å². The number of nitrogens with zero attached hydrogens (tertiary/aromatic N) is 1. The average molecular weight is 546 g/mol. The van der Waals surface area contributed by atoms with Gasteiger partial charge in [-0.1, -0.05) is 30.3 Å². The van der Waals surface area contributed by atoms with Gasteiger partial charge < -0.3 is 30.5 Å². The second-order valence-electron chi connectivity index (χ2n) is 9.99. The number of rotatable bonds is 11. The molecule has 2 atom stereocenters. The number of anilines is 1. The van der Waals surface area contributed by atoms with Gasteiger partial charge >= 0.3 is 6.09 Å². The molecule has 0 aliphatic carbocycles. The SMILES string of the molecule is CSCCC(NC(=O)OC(C)(C)C)C(=O)N(CCO)C(C(=O)Nc1c(C)cccc1C)c1cccc(O)c1. The summed E-state index contributed by atoms with van der Waals surface area (Å²) < 4.78 is 5.36. The summed E-state index contributed by atoms with van der Waals surface area (Å²) in [5.74, 6) is -0.584. The Bertz CT molecular complexity index is 1100. The molecule has 208 valence electrons. The minimum atomic E-state index is -1.20. The summed E-state index contributed by atoms with van der Waals surface area (Å²) >= 11 is 1.51. The van der Waals surface area contributed by atoms with E-state index in [1.54, 1.807) is 32.9 Å². The first-order valence-corrected chi connectivity index (χ1v) is 13.8. The predicted octanol–water partition coefficient (Wildman–Crippen LogP) is 4.16. The number of alkyl carbamates (subject to hydrolysis) is 1. The predicted molar refractivity (Wildman–Crippen MR) is 150 cm³/mol. The number of aromatic hydroxyl groups is 1. The summed E-state index contributed by atoms with van der Waals surface area (Å²) in [6.07, 6.45) is 1.41. The maximum absolute atomic E-state index is 13.9. The van der Waals surface area contributed by atoms with Crippen LogP contribution in [-0.2, 0) is 14.3 Å². The van der Waals surface area contributed by atoms with E-state index >= 15 is 0 Å².